The summed E-state index contributed by atoms with van der Waals surface area (Å²) in [7, 11) is 2.04. The Morgan fingerprint density at radius 1 is 1.24 bits per heavy atom. The molecule has 1 N–H and O–H groups in total. The average Bonchev–Trinajstić information content (AvgIpc) is 2.34. The zero-order valence-corrected chi connectivity index (χ0v) is 12.2. The summed E-state index contributed by atoms with van der Waals surface area (Å²) in [4.78, 5) is 1.10. The zero-order chi connectivity index (χ0) is 12.3. The lowest BCUT2D eigenvalue weighted by Crippen LogP contribution is -2.38. The highest BCUT2D eigenvalue weighted by Gasteiger charge is 2.25. The van der Waals surface area contributed by atoms with Crippen LogP contribution < -0.4 is 5.32 Å². The van der Waals surface area contributed by atoms with Crippen LogP contribution >= 0.6 is 35.0 Å². The van der Waals surface area contributed by atoms with Crippen molar-refractivity contribution in [2.45, 2.75) is 41.9 Å². The quantitative estimate of drug-likeness (QED) is 0.872. The molecule has 0 radical (unpaired) electrons. The van der Waals surface area contributed by atoms with Gasteiger partial charge in [0.1, 0.15) is 0 Å². The van der Waals surface area contributed by atoms with E-state index in [0.717, 1.165) is 14.9 Å². The lowest BCUT2D eigenvalue weighted by molar-refractivity contribution is 0.405. The number of halogens is 2. The average molecular weight is 290 g/mol. The Bertz CT molecular complexity index is 384. The third kappa shape index (κ3) is 3.54. The summed E-state index contributed by atoms with van der Waals surface area (Å²) >= 11 is 14.1. The van der Waals surface area contributed by atoms with Crippen LogP contribution in [0.25, 0.3) is 0 Å². The van der Waals surface area contributed by atoms with Crippen molar-refractivity contribution in [2.75, 3.05) is 7.05 Å². The first-order valence-corrected chi connectivity index (χ1v) is 7.63. The molecule has 1 aromatic carbocycles. The molecule has 2 unspecified atom stereocenters. The summed E-state index contributed by atoms with van der Waals surface area (Å²) in [5.41, 5.74) is 0. The molecule has 0 heterocycles. The largest absolute Gasteiger partial charge is 0.316 e. The van der Waals surface area contributed by atoms with Crippen LogP contribution in [0.1, 0.15) is 25.7 Å². The minimum atomic E-state index is 0.587. The number of benzene rings is 1. The summed E-state index contributed by atoms with van der Waals surface area (Å²) in [5, 5.41) is 5.58. The van der Waals surface area contributed by atoms with Gasteiger partial charge in [-0.05, 0) is 38.1 Å². The van der Waals surface area contributed by atoms with E-state index in [9.17, 15) is 0 Å². The van der Waals surface area contributed by atoms with Crippen LogP contribution in [0, 0.1) is 0 Å². The van der Waals surface area contributed by atoms with Gasteiger partial charge in [0.05, 0.1) is 5.02 Å². The van der Waals surface area contributed by atoms with Gasteiger partial charge >= 0.3 is 0 Å². The maximum absolute atomic E-state index is 6.21. The monoisotopic (exact) mass is 289 g/mol. The van der Waals surface area contributed by atoms with E-state index in [2.05, 4.69) is 5.32 Å². The van der Waals surface area contributed by atoms with Crippen molar-refractivity contribution in [3.05, 3.63) is 28.2 Å². The van der Waals surface area contributed by atoms with Crippen molar-refractivity contribution in [1.82, 2.24) is 5.32 Å². The van der Waals surface area contributed by atoms with Crippen LogP contribution in [0.5, 0.6) is 0 Å². The highest BCUT2D eigenvalue weighted by Crippen LogP contribution is 2.38. The van der Waals surface area contributed by atoms with Crippen molar-refractivity contribution in [3.63, 3.8) is 0 Å². The molecule has 1 nitrogen and oxygen atoms in total. The van der Waals surface area contributed by atoms with Crippen LogP contribution in [0.2, 0.25) is 10.0 Å². The molecule has 1 aliphatic carbocycles. The number of hydrogen-bond donors (Lipinski definition) is 1. The Labute approximate surface area is 117 Å². The van der Waals surface area contributed by atoms with E-state index >= 15 is 0 Å². The van der Waals surface area contributed by atoms with Crippen molar-refractivity contribution in [3.8, 4) is 0 Å². The Balaban J connectivity index is 2.10. The Morgan fingerprint density at radius 3 is 2.76 bits per heavy atom. The van der Waals surface area contributed by atoms with Gasteiger partial charge in [-0.2, -0.15) is 0 Å². The molecule has 0 aromatic heterocycles. The van der Waals surface area contributed by atoms with Gasteiger partial charge in [-0.3, -0.25) is 0 Å². The molecule has 1 aromatic rings. The molecule has 0 spiro atoms. The first kappa shape index (κ1) is 13.5. The van der Waals surface area contributed by atoms with Gasteiger partial charge in [-0.25, -0.2) is 0 Å². The SMILES string of the molecule is CNC1CCCCC1Sc1cc(Cl)ccc1Cl. The summed E-state index contributed by atoms with van der Waals surface area (Å²) in [5.74, 6) is 0. The van der Waals surface area contributed by atoms with Gasteiger partial charge in [-0.15, -0.1) is 11.8 Å². The molecule has 17 heavy (non-hydrogen) atoms. The lowest BCUT2D eigenvalue weighted by Gasteiger charge is -2.31. The lowest BCUT2D eigenvalue weighted by atomic mass is 9.95. The second kappa shape index (κ2) is 6.33. The fourth-order valence-electron chi connectivity index (χ4n) is 2.30. The molecular weight excluding hydrogens is 273 g/mol. The molecule has 1 aliphatic rings. The predicted octanol–water partition coefficient (Wildman–Crippen LogP) is 4.62. The van der Waals surface area contributed by atoms with Gasteiger partial charge in [0.25, 0.3) is 0 Å². The molecule has 0 aliphatic heterocycles. The maximum Gasteiger partial charge on any atom is 0.0543 e. The van der Waals surface area contributed by atoms with E-state index in [-0.39, 0.29) is 0 Å². The third-order valence-electron chi connectivity index (χ3n) is 3.24. The number of nitrogens with one attached hydrogen (secondary N) is 1. The van der Waals surface area contributed by atoms with E-state index in [1.165, 1.54) is 25.7 Å². The van der Waals surface area contributed by atoms with Crippen molar-refractivity contribution in [2.24, 2.45) is 0 Å². The van der Waals surface area contributed by atoms with E-state index in [4.69, 9.17) is 23.2 Å². The second-order valence-electron chi connectivity index (χ2n) is 4.41. The van der Waals surface area contributed by atoms with Crippen molar-refractivity contribution in [1.29, 1.82) is 0 Å². The Morgan fingerprint density at radius 2 is 2.00 bits per heavy atom. The highest BCUT2D eigenvalue weighted by atomic mass is 35.5. The molecule has 0 amide bonds. The summed E-state index contributed by atoms with van der Waals surface area (Å²) in [6.07, 6.45) is 5.14. The molecule has 94 valence electrons. The number of hydrogen-bond acceptors (Lipinski definition) is 2. The van der Waals surface area contributed by atoms with Crippen molar-refractivity contribution >= 4 is 35.0 Å². The van der Waals surface area contributed by atoms with Gasteiger partial charge in [0.2, 0.25) is 0 Å². The van der Waals surface area contributed by atoms with E-state index in [0.29, 0.717) is 11.3 Å². The third-order valence-corrected chi connectivity index (χ3v) is 5.38. The molecular formula is C13H17Cl2NS. The second-order valence-corrected chi connectivity index (χ2v) is 6.54. The van der Waals surface area contributed by atoms with Gasteiger partial charge in [0.15, 0.2) is 0 Å². The molecule has 0 bridgehead atoms. The molecule has 0 saturated heterocycles. The van der Waals surface area contributed by atoms with Crippen molar-refractivity contribution < 1.29 is 0 Å². The molecule has 1 fully saturated rings. The van der Waals surface area contributed by atoms with Crippen LogP contribution in [0.4, 0.5) is 0 Å². The standard InChI is InChI=1S/C13H17Cl2NS/c1-16-11-4-2-3-5-12(11)17-13-8-9(14)6-7-10(13)15/h6-8,11-12,16H,2-5H2,1H3. The molecule has 4 heteroatoms. The van der Waals surface area contributed by atoms with E-state index < -0.39 is 0 Å². The summed E-state index contributed by atoms with van der Waals surface area (Å²) in [6, 6.07) is 6.27. The van der Waals surface area contributed by atoms with Crippen LogP contribution in [0.15, 0.2) is 23.1 Å². The molecule has 1 saturated carbocycles. The Kier molecular flexibility index (Phi) is 5.04. The fraction of sp³-hybridized carbons (Fsp3) is 0.538. The Hall–Kier alpha value is 0.110. The van der Waals surface area contributed by atoms with Gasteiger partial charge in [-0.1, -0.05) is 36.0 Å². The number of thioether (sulfide) groups is 1. The van der Waals surface area contributed by atoms with Gasteiger partial charge < -0.3 is 5.32 Å². The molecule has 2 rings (SSSR count). The van der Waals surface area contributed by atoms with Gasteiger partial charge in [0, 0.05) is 21.2 Å². The number of rotatable bonds is 3. The topological polar surface area (TPSA) is 12.0 Å². The first-order valence-electron chi connectivity index (χ1n) is 5.99. The van der Waals surface area contributed by atoms with E-state index in [1.807, 2.05) is 37.0 Å². The molecule has 2 atom stereocenters. The van der Waals surface area contributed by atoms with Crippen LogP contribution in [0.3, 0.4) is 0 Å². The first-order chi connectivity index (χ1) is 8.20. The fourth-order valence-corrected chi connectivity index (χ4v) is 4.21. The maximum atomic E-state index is 6.21. The minimum absolute atomic E-state index is 0.587. The highest BCUT2D eigenvalue weighted by molar-refractivity contribution is 8.00. The van der Waals surface area contributed by atoms with Crippen LogP contribution in [-0.2, 0) is 0 Å². The zero-order valence-electron chi connectivity index (χ0n) is 9.88. The summed E-state index contributed by atoms with van der Waals surface area (Å²) in [6.45, 7) is 0. The minimum Gasteiger partial charge on any atom is -0.316 e. The van der Waals surface area contributed by atoms with Crippen LogP contribution in [-0.4, -0.2) is 18.3 Å². The predicted molar refractivity (Wildman–Crippen MR) is 77.4 cm³/mol. The normalized spacial score (nSPS) is 24.9. The summed E-state index contributed by atoms with van der Waals surface area (Å²) < 4.78 is 0. The van der Waals surface area contributed by atoms with E-state index in [1.54, 1.807) is 0 Å². The smallest absolute Gasteiger partial charge is 0.0543 e.